The Bertz CT molecular complexity index is 3390. The van der Waals surface area contributed by atoms with Crippen molar-refractivity contribution in [2.24, 2.45) is 9.98 Å². The van der Waals surface area contributed by atoms with Crippen LogP contribution in [0, 0.1) is 0 Å². The standard InChI is InChI=1S/C51H32N4OS/c1-3-12-31(13-4-1)49-52-50(32-14-5-2-6-15-32)54-51(53-49)34-23-27-47-42(28-34)40-19-11-18-36(48(40)57-47)33-22-25-39-41-30-35(24-26-45(41)56-46(39)29-33)55-43-20-9-7-16-37(43)38-17-8-10-21-44(38)55/h1-30,51H,(H,52,53,54). The summed E-state index contributed by atoms with van der Waals surface area (Å²) < 4.78 is 11.4. The van der Waals surface area contributed by atoms with Crippen molar-refractivity contribution in [2.75, 3.05) is 0 Å². The number of nitrogens with zero attached hydrogens (tertiary/aromatic N) is 3. The number of rotatable bonds is 5. The predicted molar refractivity (Wildman–Crippen MR) is 238 cm³/mol. The van der Waals surface area contributed by atoms with Gasteiger partial charge in [0.1, 0.15) is 23.2 Å². The monoisotopic (exact) mass is 748 g/mol. The van der Waals surface area contributed by atoms with Gasteiger partial charge in [0.15, 0.2) is 5.84 Å². The van der Waals surface area contributed by atoms with E-state index in [9.17, 15) is 0 Å². The largest absolute Gasteiger partial charge is 0.456 e. The molecule has 1 N–H and O–H groups in total. The first-order valence-corrected chi connectivity index (χ1v) is 20.0. The molecule has 6 heteroatoms. The van der Waals surface area contributed by atoms with Crippen LogP contribution >= 0.6 is 11.3 Å². The van der Waals surface area contributed by atoms with Crippen LogP contribution in [-0.2, 0) is 0 Å². The van der Waals surface area contributed by atoms with Gasteiger partial charge in [-0.05, 0) is 71.3 Å². The molecule has 11 aromatic rings. The minimum absolute atomic E-state index is 0.290. The number of para-hydroxylation sites is 2. The molecule has 4 heterocycles. The molecule has 0 fully saturated rings. The number of furan rings is 1. The second-order valence-corrected chi connectivity index (χ2v) is 15.6. The first-order chi connectivity index (χ1) is 28.2. The first kappa shape index (κ1) is 32.0. The van der Waals surface area contributed by atoms with Gasteiger partial charge in [-0.15, -0.1) is 11.3 Å². The van der Waals surface area contributed by atoms with Crippen molar-refractivity contribution in [1.82, 2.24) is 9.88 Å². The van der Waals surface area contributed by atoms with E-state index in [4.69, 9.17) is 14.4 Å². The molecule has 268 valence electrons. The third kappa shape index (κ3) is 5.15. The summed E-state index contributed by atoms with van der Waals surface area (Å²) in [4.78, 5) is 10.1. The zero-order valence-corrected chi connectivity index (χ0v) is 31.4. The van der Waals surface area contributed by atoms with Gasteiger partial charge in [0.2, 0.25) is 0 Å². The van der Waals surface area contributed by atoms with Crippen molar-refractivity contribution in [3.63, 3.8) is 0 Å². The van der Waals surface area contributed by atoms with Gasteiger partial charge in [0, 0.05) is 58.5 Å². The quantitative estimate of drug-likeness (QED) is 0.191. The number of aromatic nitrogens is 1. The third-order valence-corrected chi connectivity index (χ3v) is 12.5. The molecule has 8 aromatic carbocycles. The lowest BCUT2D eigenvalue weighted by molar-refractivity contribution is 0.669. The zero-order valence-electron chi connectivity index (χ0n) is 30.6. The van der Waals surface area contributed by atoms with E-state index in [0.29, 0.717) is 0 Å². The fraction of sp³-hybridized carbons (Fsp3) is 0.0196. The van der Waals surface area contributed by atoms with Crippen molar-refractivity contribution in [3.8, 4) is 16.8 Å². The number of benzene rings is 8. The normalized spacial score (nSPS) is 14.5. The molecule has 1 aliphatic rings. The maximum Gasteiger partial charge on any atom is 0.159 e. The Balaban J connectivity index is 0.936. The van der Waals surface area contributed by atoms with E-state index in [2.05, 4.69) is 155 Å². The highest BCUT2D eigenvalue weighted by Crippen LogP contribution is 2.43. The molecule has 0 radical (unpaired) electrons. The summed E-state index contributed by atoms with van der Waals surface area (Å²) in [6.45, 7) is 0. The van der Waals surface area contributed by atoms with Crippen LogP contribution in [0.25, 0.3) is 80.7 Å². The Morgan fingerprint density at radius 2 is 1.23 bits per heavy atom. The van der Waals surface area contributed by atoms with Crippen LogP contribution in [0.3, 0.4) is 0 Å². The molecule has 0 aliphatic carbocycles. The molecule has 12 rings (SSSR count). The molecule has 0 bridgehead atoms. The number of thiophene rings is 1. The molecule has 1 unspecified atom stereocenters. The summed E-state index contributed by atoms with van der Waals surface area (Å²) in [6, 6.07) is 64.4. The Kier molecular flexibility index (Phi) is 7.09. The van der Waals surface area contributed by atoms with E-state index in [1.807, 2.05) is 47.7 Å². The smallest absolute Gasteiger partial charge is 0.159 e. The van der Waals surface area contributed by atoms with Crippen molar-refractivity contribution in [2.45, 2.75) is 6.17 Å². The van der Waals surface area contributed by atoms with E-state index in [1.54, 1.807) is 0 Å². The summed E-state index contributed by atoms with van der Waals surface area (Å²) in [5.74, 6) is 1.54. The molecule has 0 saturated heterocycles. The molecular formula is C51H32N4OS. The lowest BCUT2D eigenvalue weighted by Gasteiger charge is -2.23. The molecule has 3 aromatic heterocycles. The van der Waals surface area contributed by atoms with Crippen LogP contribution < -0.4 is 5.32 Å². The molecule has 1 aliphatic heterocycles. The van der Waals surface area contributed by atoms with E-state index in [-0.39, 0.29) is 6.17 Å². The Morgan fingerprint density at radius 3 is 2.02 bits per heavy atom. The fourth-order valence-electron chi connectivity index (χ4n) is 8.57. The van der Waals surface area contributed by atoms with Gasteiger partial charge in [-0.2, -0.15) is 0 Å². The maximum atomic E-state index is 6.56. The van der Waals surface area contributed by atoms with Gasteiger partial charge >= 0.3 is 0 Å². The minimum Gasteiger partial charge on any atom is -0.456 e. The molecule has 0 spiro atoms. The highest BCUT2D eigenvalue weighted by Gasteiger charge is 2.22. The SMILES string of the molecule is c1ccc(C2=NC(c3ccc4sc5c(-c6ccc7c(c6)oc6ccc(-n8c9ccccc9c9ccccc98)cc67)cccc5c4c3)NC(c3ccccc3)=N2)cc1. The average Bonchev–Trinajstić information content (AvgIpc) is 3.95. The number of nitrogens with one attached hydrogen (secondary N) is 1. The van der Waals surface area contributed by atoms with Crippen LogP contribution in [0.5, 0.6) is 0 Å². The van der Waals surface area contributed by atoms with Gasteiger partial charge in [-0.3, -0.25) is 0 Å². The fourth-order valence-corrected chi connectivity index (χ4v) is 9.78. The molecule has 0 saturated carbocycles. The topological polar surface area (TPSA) is 54.8 Å². The number of fused-ring (bicyclic) bond motifs is 9. The van der Waals surface area contributed by atoms with Gasteiger partial charge in [-0.1, -0.05) is 127 Å². The van der Waals surface area contributed by atoms with Gasteiger partial charge in [0.25, 0.3) is 0 Å². The Morgan fingerprint density at radius 1 is 0.509 bits per heavy atom. The molecular weight excluding hydrogens is 717 g/mol. The Labute approximate surface area is 331 Å². The highest BCUT2D eigenvalue weighted by molar-refractivity contribution is 7.26. The molecule has 0 amide bonds. The first-order valence-electron chi connectivity index (χ1n) is 19.2. The van der Waals surface area contributed by atoms with E-state index in [1.165, 1.54) is 47.5 Å². The van der Waals surface area contributed by atoms with Crippen LogP contribution in [0.15, 0.2) is 196 Å². The number of hydrogen-bond donors (Lipinski definition) is 1. The zero-order chi connectivity index (χ0) is 37.5. The van der Waals surface area contributed by atoms with Gasteiger partial charge in [-0.25, -0.2) is 9.98 Å². The maximum absolute atomic E-state index is 6.56. The van der Waals surface area contributed by atoms with Gasteiger partial charge in [0.05, 0.1) is 11.0 Å². The lowest BCUT2D eigenvalue weighted by Crippen LogP contribution is -2.33. The number of aliphatic imine (C=N–C) groups is 2. The van der Waals surface area contributed by atoms with Gasteiger partial charge < -0.3 is 14.3 Å². The summed E-state index contributed by atoms with van der Waals surface area (Å²) in [5.41, 5.74) is 10.7. The lowest BCUT2D eigenvalue weighted by atomic mass is 10.0. The minimum atomic E-state index is -0.290. The molecule has 5 nitrogen and oxygen atoms in total. The summed E-state index contributed by atoms with van der Waals surface area (Å²) in [5, 5.41) is 10.8. The van der Waals surface area contributed by atoms with Crippen molar-refractivity contribution >= 4 is 86.9 Å². The van der Waals surface area contributed by atoms with E-state index < -0.39 is 0 Å². The molecule has 1 atom stereocenters. The summed E-state index contributed by atoms with van der Waals surface area (Å²) >= 11 is 1.83. The van der Waals surface area contributed by atoms with Crippen molar-refractivity contribution < 1.29 is 4.42 Å². The van der Waals surface area contributed by atoms with Crippen LogP contribution in [-0.4, -0.2) is 16.2 Å². The van der Waals surface area contributed by atoms with Crippen molar-refractivity contribution in [1.29, 1.82) is 0 Å². The predicted octanol–water partition coefficient (Wildman–Crippen LogP) is 13.2. The summed E-state index contributed by atoms with van der Waals surface area (Å²) in [7, 11) is 0. The third-order valence-electron chi connectivity index (χ3n) is 11.3. The van der Waals surface area contributed by atoms with Crippen LogP contribution in [0.2, 0.25) is 0 Å². The Hall–Kier alpha value is -7.28. The van der Waals surface area contributed by atoms with Crippen LogP contribution in [0.1, 0.15) is 22.9 Å². The van der Waals surface area contributed by atoms with Crippen LogP contribution in [0.4, 0.5) is 0 Å². The van der Waals surface area contributed by atoms with E-state index >= 15 is 0 Å². The summed E-state index contributed by atoms with van der Waals surface area (Å²) in [6.07, 6.45) is -0.290. The number of hydrogen-bond acceptors (Lipinski definition) is 5. The van der Waals surface area contributed by atoms with E-state index in [0.717, 1.165) is 61.6 Å². The number of amidine groups is 2. The average molecular weight is 749 g/mol. The van der Waals surface area contributed by atoms with Crippen molar-refractivity contribution in [3.05, 3.63) is 199 Å². The highest BCUT2D eigenvalue weighted by atomic mass is 32.1. The second-order valence-electron chi connectivity index (χ2n) is 14.6. The molecule has 57 heavy (non-hydrogen) atoms. The second kappa shape index (κ2) is 12.6.